The largest absolute Gasteiger partial charge is 0.479 e. The van der Waals surface area contributed by atoms with Crippen molar-refractivity contribution in [3.8, 4) is 17.6 Å². The summed E-state index contributed by atoms with van der Waals surface area (Å²) in [6, 6.07) is 4.93. The van der Waals surface area contributed by atoms with E-state index in [-0.39, 0.29) is 6.61 Å². The van der Waals surface area contributed by atoms with E-state index in [0.29, 0.717) is 22.4 Å². The summed E-state index contributed by atoms with van der Waals surface area (Å²) in [5.74, 6) is 5.46. The minimum atomic E-state index is -0.418. The van der Waals surface area contributed by atoms with Crippen molar-refractivity contribution in [2.24, 2.45) is 0 Å². The summed E-state index contributed by atoms with van der Waals surface area (Å²) in [5.41, 5.74) is 0. The summed E-state index contributed by atoms with van der Waals surface area (Å²) in [7, 11) is 0. The summed E-state index contributed by atoms with van der Waals surface area (Å²) in [6.07, 6.45) is 2.66. The van der Waals surface area contributed by atoms with Gasteiger partial charge in [0.05, 0.1) is 11.6 Å². The lowest BCUT2D eigenvalue weighted by Crippen LogP contribution is -1.98. The van der Waals surface area contributed by atoms with E-state index < -0.39 is 5.97 Å². The molecule has 0 bridgehead atoms. The van der Waals surface area contributed by atoms with Crippen LogP contribution in [0.15, 0.2) is 30.4 Å². The zero-order chi connectivity index (χ0) is 14.1. The molecule has 1 aromatic rings. The van der Waals surface area contributed by atoms with Crippen LogP contribution < -0.4 is 4.74 Å². The normalized spacial score (nSPS) is 9.84. The molecule has 0 aliphatic rings. The van der Waals surface area contributed by atoms with Gasteiger partial charge in [0.15, 0.2) is 0 Å². The third-order valence-corrected chi connectivity index (χ3v) is 2.42. The Kier molecular flexibility index (Phi) is 6.88. The zero-order valence-electron chi connectivity index (χ0n) is 10.3. The minimum absolute atomic E-state index is 0.161. The van der Waals surface area contributed by atoms with Crippen LogP contribution in [0.4, 0.5) is 0 Å². The van der Waals surface area contributed by atoms with Gasteiger partial charge >= 0.3 is 5.97 Å². The Morgan fingerprint density at radius 1 is 1.42 bits per heavy atom. The third kappa shape index (κ3) is 6.19. The molecular formula is C14H12Cl2O3. The summed E-state index contributed by atoms with van der Waals surface area (Å²) in [6.45, 7) is 2.24. The van der Waals surface area contributed by atoms with E-state index in [0.717, 1.165) is 0 Å². The fourth-order valence-electron chi connectivity index (χ4n) is 1.11. The van der Waals surface area contributed by atoms with Crippen LogP contribution >= 0.6 is 23.2 Å². The van der Waals surface area contributed by atoms with Crippen molar-refractivity contribution >= 4 is 29.2 Å². The van der Waals surface area contributed by atoms with Gasteiger partial charge in [0.25, 0.3) is 0 Å². The number of hydrogen-bond acceptors (Lipinski definition) is 3. The summed E-state index contributed by atoms with van der Waals surface area (Å²) in [5, 5.41) is 0.970. The Labute approximate surface area is 122 Å². The van der Waals surface area contributed by atoms with E-state index in [1.807, 2.05) is 0 Å². The molecule has 0 spiro atoms. The maximum absolute atomic E-state index is 10.9. The third-order valence-electron chi connectivity index (χ3n) is 1.89. The topological polar surface area (TPSA) is 35.5 Å². The fourth-order valence-corrected chi connectivity index (χ4v) is 1.57. The van der Waals surface area contributed by atoms with Crippen LogP contribution in [0.5, 0.6) is 5.75 Å². The molecule has 0 fully saturated rings. The number of halogens is 2. The van der Waals surface area contributed by atoms with Gasteiger partial charge in [-0.05, 0) is 31.2 Å². The molecule has 0 unspecified atom stereocenters. The lowest BCUT2D eigenvalue weighted by Gasteiger charge is -2.03. The van der Waals surface area contributed by atoms with Gasteiger partial charge in [-0.1, -0.05) is 35.0 Å². The molecule has 1 aromatic carbocycles. The van der Waals surface area contributed by atoms with Crippen LogP contribution in [0.2, 0.25) is 10.0 Å². The molecule has 0 amide bonds. The molecule has 0 N–H and O–H groups in total. The molecule has 0 aliphatic heterocycles. The number of esters is 1. The first-order valence-corrected chi connectivity index (χ1v) is 6.28. The number of carbonyl (C=O) groups excluding carboxylic acids is 1. The van der Waals surface area contributed by atoms with Crippen LogP contribution in [0.1, 0.15) is 6.92 Å². The Balaban J connectivity index is 2.40. The minimum Gasteiger partial charge on any atom is -0.479 e. The van der Waals surface area contributed by atoms with Crippen LogP contribution in [0.25, 0.3) is 0 Å². The van der Waals surface area contributed by atoms with Gasteiger partial charge in [0.2, 0.25) is 0 Å². The van der Waals surface area contributed by atoms with Crippen molar-refractivity contribution in [2.45, 2.75) is 6.92 Å². The van der Waals surface area contributed by atoms with Crippen molar-refractivity contribution in [3.05, 3.63) is 40.4 Å². The van der Waals surface area contributed by atoms with Crippen LogP contribution in [0.3, 0.4) is 0 Å². The molecule has 3 nitrogen and oxygen atoms in total. The predicted molar refractivity (Wildman–Crippen MR) is 75.5 cm³/mol. The first-order valence-electron chi connectivity index (χ1n) is 5.53. The molecule has 0 aliphatic carbocycles. The second-order valence-corrected chi connectivity index (χ2v) is 4.11. The van der Waals surface area contributed by atoms with Gasteiger partial charge in [0, 0.05) is 11.1 Å². The number of benzene rings is 1. The van der Waals surface area contributed by atoms with Crippen LogP contribution in [-0.2, 0) is 9.53 Å². The Hall–Kier alpha value is -1.63. The first-order chi connectivity index (χ1) is 9.13. The monoisotopic (exact) mass is 298 g/mol. The molecule has 1 rings (SSSR count). The van der Waals surface area contributed by atoms with E-state index in [9.17, 15) is 4.79 Å². The molecule has 0 heterocycles. The van der Waals surface area contributed by atoms with E-state index in [1.54, 1.807) is 25.1 Å². The van der Waals surface area contributed by atoms with Gasteiger partial charge < -0.3 is 9.47 Å². The van der Waals surface area contributed by atoms with Crippen LogP contribution in [-0.4, -0.2) is 19.2 Å². The standard InChI is InChI=1S/C14H12Cl2O3/c1-2-18-14(17)6-4-3-5-9-19-13-8-7-11(15)10-12(13)16/h4,6-8,10H,2,9H2,1H3/b6-4+. The molecule has 19 heavy (non-hydrogen) atoms. The van der Waals surface area contributed by atoms with Crippen molar-refractivity contribution < 1.29 is 14.3 Å². The molecule has 5 heteroatoms. The highest BCUT2D eigenvalue weighted by Crippen LogP contribution is 2.27. The molecular weight excluding hydrogens is 287 g/mol. The summed E-state index contributed by atoms with van der Waals surface area (Å²) >= 11 is 11.7. The number of ether oxygens (including phenoxy) is 2. The molecule has 100 valence electrons. The number of rotatable bonds is 4. The fraction of sp³-hybridized carbons (Fsp3) is 0.214. The SMILES string of the molecule is CCOC(=O)/C=C/C#CCOc1ccc(Cl)cc1Cl. The number of hydrogen-bond donors (Lipinski definition) is 0. The first kappa shape index (κ1) is 15.4. The summed E-state index contributed by atoms with van der Waals surface area (Å²) < 4.78 is 10.0. The van der Waals surface area contributed by atoms with E-state index >= 15 is 0 Å². The predicted octanol–water partition coefficient (Wildman–Crippen LogP) is 3.49. The van der Waals surface area contributed by atoms with E-state index in [1.165, 1.54) is 12.2 Å². The number of allylic oxidation sites excluding steroid dienone is 1. The maximum atomic E-state index is 10.9. The quantitative estimate of drug-likeness (QED) is 0.485. The average Bonchev–Trinajstić information content (AvgIpc) is 2.36. The van der Waals surface area contributed by atoms with Crippen molar-refractivity contribution in [1.82, 2.24) is 0 Å². The highest BCUT2D eigenvalue weighted by atomic mass is 35.5. The van der Waals surface area contributed by atoms with Crippen LogP contribution in [0, 0.1) is 11.8 Å². The van der Waals surface area contributed by atoms with Gasteiger partial charge in [0.1, 0.15) is 12.4 Å². The Morgan fingerprint density at radius 2 is 2.21 bits per heavy atom. The lowest BCUT2D eigenvalue weighted by molar-refractivity contribution is -0.137. The molecule has 0 aromatic heterocycles. The Morgan fingerprint density at radius 3 is 2.89 bits per heavy atom. The van der Waals surface area contributed by atoms with E-state index in [2.05, 4.69) is 16.6 Å². The number of carbonyl (C=O) groups is 1. The highest BCUT2D eigenvalue weighted by Gasteiger charge is 2.00. The second kappa shape index (κ2) is 8.47. The lowest BCUT2D eigenvalue weighted by atomic mass is 10.3. The van der Waals surface area contributed by atoms with Gasteiger partial charge in [-0.2, -0.15) is 0 Å². The Bertz CT molecular complexity index is 527. The molecule has 0 radical (unpaired) electrons. The smallest absolute Gasteiger partial charge is 0.331 e. The van der Waals surface area contributed by atoms with Gasteiger partial charge in [-0.15, -0.1) is 0 Å². The van der Waals surface area contributed by atoms with E-state index in [4.69, 9.17) is 27.9 Å². The molecule has 0 saturated heterocycles. The van der Waals surface area contributed by atoms with Crippen molar-refractivity contribution in [3.63, 3.8) is 0 Å². The van der Waals surface area contributed by atoms with Gasteiger partial charge in [-0.3, -0.25) is 0 Å². The van der Waals surface area contributed by atoms with Gasteiger partial charge in [-0.25, -0.2) is 4.79 Å². The molecule has 0 saturated carbocycles. The van der Waals surface area contributed by atoms with Crippen molar-refractivity contribution in [2.75, 3.05) is 13.2 Å². The summed E-state index contributed by atoms with van der Waals surface area (Å²) in [4.78, 5) is 10.9. The average molecular weight is 299 g/mol. The second-order valence-electron chi connectivity index (χ2n) is 3.27. The highest BCUT2D eigenvalue weighted by molar-refractivity contribution is 6.35. The zero-order valence-corrected chi connectivity index (χ0v) is 11.8. The van der Waals surface area contributed by atoms with Crippen molar-refractivity contribution in [1.29, 1.82) is 0 Å². The molecule has 0 atom stereocenters. The maximum Gasteiger partial charge on any atom is 0.331 e.